The van der Waals surface area contributed by atoms with E-state index in [0.29, 0.717) is 16.1 Å². The number of rotatable bonds is 10. The third kappa shape index (κ3) is 7.35. The number of aryl methyl sites for hydroxylation is 2. The van der Waals surface area contributed by atoms with Crippen molar-refractivity contribution in [3.05, 3.63) is 63.4 Å². The lowest BCUT2D eigenvalue weighted by Gasteiger charge is -2.18. The Morgan fingerprint density at radius 1 is 1.04 bits per heavy atom. The van der Waals surface area contributed by atoms with Gasteiger partial charge in [-0.1, -0.05) is 55.1 Å². The Kier molecular flexibility index (Phi) is 8.74. The largest absolute Gasteiger partial charge is 0.308 e. The molecule has 0 aliphatic rings. The average Bonchev–Trinajstić information content (AvgIpc) is 2.59. The molecular formula is C21H28Cl2N2. The number of unbranched alkanes of at least 4 members (excludes halogenated alkanes) is 1. The molecule has 1 unspecified atom stereocenters. The summed E-state index contributed by atoms with van der Waals surface area (Å²) in [5, 5.41) is 4.95. The molecule has 1 aromatic heterocycles. The molecule has 0 spiro atoms. The molecular weight excluding hydrogens is 351 g/mol. The molecule has 0 saturated heterocycles. The molecule has 0 aliphatic heterocycles. The number of benzene rings is 1. The van der Waals surface area contributed by atoms with Crippen molar-refractivity contribution < 1.29 is 0 Å². The lowest BCUT2D eigenvalue weighted by Crippen LogP contribution is -2.28. The van der Waals surface area contributed by atoms with E-state index in [9.17, 15) is 0 Å². The van der Waals surface area contributed by atoms with E-state index in [0.717, 1.165) is 24.4 Å². The standard InChI is InChI=1S/C21H28Cl2N2/c1-3-7-18(24-15-19-11-6-8-16(2)25-19)10-5-4-9-17-12-13-20(22)21(23)14-17/h6,8,11-14,18,24H,3-5,7,9-10,15H2,1-2H3. The minimum atomic E-state index is 0.557. The van der Waals surface area contributed by atoms with Gasteiger partial charge in [-0.2, -0.15) is 0 Å². The van der Waals surface area contributed by atoms with Crippen LogP contribution in [0.25, 0.3) is 0 Å². The molecule has 1 aromatic carbocycles. The second-order valence-corrected chi connectivity index (χ2v) is 7.45. The van der Waals surface area contributed by atoms with Crippen LogP contribution >= 0.6 is 23.2 Å². The van der Waals surface area contributed by atoms with Gasteiger partial charge in [-0.05, 0) is 62.4 Å². The molecule has 0 fully saturated rings. The molecule has 1 atom stereocenters. The first kappa shape index (κ1) is 20.2. The van der Waals surface area contributed by atoms with Gasteiger partial charge in [0.1, 0.15) is 0 Å². The smallest absolute Gasteiger partial charge is 0.0595 e. The Labute approximate surface area is 162 Å². The minimum Gasteiger partial charge on any atom is -0.308 e. The molecule has 2 aromatic rings. The molecule has 2 rings (SSSR count). The maximum Gasteiger partial charge on any atom is 0.0595 e. The first-order chi connectivity index (χ1) is 12.1. The zero-order valence-electron chi connectivity index (χ0n) is 15.2. The summed E-state index contributed by atoms with van der Waals surface area (Å²) in [6.45, 7) is 5.13. The van der Waals surface area contributed by atoms with Gasteiger partial charge in [0.25, 0.3) is 0 Å². The van der Waals surface area contributed by atoms with Gasteiger partial charge in [0.15, 0.2) is 0 Å². The summed E-state index contributed by atoms with van der Waals surface area (Å²) in [5.41, 5.74) is 3.46. The second-order valence-electron chi connectivity index (χ2n) is 6.63. The van der Waals surface area contributed by atoms with E-state index in [-0.39, 0.29) is 0 Å². The predicted octanol–water partition coefficient (Wildman–Crippen LogP) is 6.37. The van der Waals surface area contributed by atoms with Crippen LogP contribution in [0.3, 0.4) is 0 Å². The van der Waals surface area contributed by atoms with Crippen molar-refractivity contribution >= 4 is 23.2 Å². The summed E-state index contributed by atoms with van der Waals surface area (Å²) in [4.78, 5) is 4.57. The Morgan fingerprint density at radius 3 is 2.60 bits per heavy atom. The van der Waals surface area contributed by atoms with Gasteiger partial charge in [0.2, 0.25) is 0 Å². The molecule has 0 aliphatic carbocycles. The lowest BCUT2D eigenvalue weighted by atomic mass is 10.0. The lowest BCUT2D eigenvalue weighted by molar-refractivity contribution is 0.428. The van der Waals surface area contributed by atoms with Crippen molar-refractivity contribution in [2.45, 2.75) is 65.0 Å². The highest BCUT2D eigenvalue weighted by Crippen LogP contribution is 2.23. The van der Waals surface area contributed by atoms with Crippen molar-refractivity contribution in [1.82, 2.24) is 10.3 Å². The zero-order chi connectivity index (χ0) is 18.1. The Hall–Kier alpha value is -1.09. The van der Waals surface area contributed by atoms with Crippen LogP contribution in [0.4, 0.5) is 0 Å². The SMILES string of the molecule is CCCC(CCCCc1ccc(Cl)c(Cl)c1)NCc1cccc(C)n1. The van der Waals surface area contributed by atoms with Crippen LogP contribution in [0.2, 0.25) is 10.0 Å². The van der Waals surface area contributed by atoms with Gasteiger partial charge in [0.05, 0.1) is 15.7 Å². The minimum absolute atomic E-state index is 0.557. The first-order valence-electron chi connectivity index (χ1n) is 9.18. The fraction of sp³-hybridized carbons (Fsp3) is 0.476. The highest BCUT2D eigenvalue weighted by molar-refractivity contribution is 6.42. The number of nitrogens with zero attached hydrogens (tertiary/aromatic N) is 1. The Balaban J connectivity index is 1.74. The molecule has 25 heavy (non-hydrogen) atoms. The molecule has 136 valence electrons. The van der Waals surface area contributed by atoms with Gasteiger partial charge in [-0.25, -0.2) is 0 Å². The van der Waals surface area contributed by atoms with Gasteiger partial charge in [-0.3, -0.25) is 4.98 Å². The van der Waals surface area contributed by atoms with E-state index >= 15 is 0 Å². The average molecular weight is 379 g/mol. The summed E-state index contributed by atoms with van der Waals surface area (Å²) < 4.78 is 0. The van der Waals surface area contributed by atoms with Crippen LogP contribution in [-0.2, 0) is 13.0 Å². The van der Waals surface area contributed by atoms with Gasteiger partial charge in [-0.15, -0.1) is 0 Å². The van der Waals surface area contributed by atoms with E-state index in [2.05, 4.69) is 35.4 Å². The number of pyridine rings is 1. The van der Waals surface area contributed by atoms with Crippen molar-refractivity contribution in [3.63, 3.8) is 0 Å². The van der Waals surface area contributed by atoms with Crippen LogP contribution in [0.15, 0.2) is 36.4 Å². The van der Waals surface area contributed by atoms with Gasteiger partial charge < -0.3 is 5.32 Å². The quantitative estimate of drug-likeness (QED) is 0.485. The fourth-order valence-electron chi connectivity index (χ4n) is 3.06. The molecule has 0 saturated carbocycles. The topological polar surface area (TPSA) is 24.9 Å². The van der Waals surface area contributed by atoms with E-state index in [4.69, 9.17) is 23.2 Å². The van der Waals surface area contributed by atoms with Gasteiger partial charge >= 0.3 is 0 Å². The molecule has 0 radical (unpaired) electrons. The number of nitrogens with one attached hydrogen (secondary N) is 1. The van der Waals surface area contributed by atoms with E-state index in [1.165, 1.54) is 37.7 Å². The molecule has 4 heteroatoms. The summed E-state index contributed by atoms with van der Waals surface area (Å²) >= 11 is 12.0. The van der Waals surface area contributed by atoms with Crippen molar-refractivity contribution in [1.29, 1.82) is 0 Å². The van der Waals surface area contributed by atoms with Crippen LogP contribution in [0, 0.1) is 6.92 Å². The predicted molar refractivity (Wildman–Crippen MR) is 109 cm³/mol. The van der Waals surface area contributed by atoms with E-state index < -0.39 is 0 Å². The number of hydrogen-bond acceptors (Lipinski definition) is 2. The Bertz CT molecular complexity index is 658. The number of halogens is 2. The molecule has 2 nitrogen and oxygen atoms in total. The van der Waals surface area contributed by atoms with E-state index in [1.54, 1.807) is 0 Å². The van der Waals surface area contributed by atoms with Crippen LogP contribution < -0.4 is 5.32 Å². The molecule has 1 heterocycles. The van der Waals surface area contributed by atoms with Crippen LogP contribution in [0.1, 0.15) is 56.0 Å². The van der Waals surface area contributed by atoms with Crippen LogP contribution in [0.5, 0.6) is 0 Å². The summed E-state index contributed by atoms with van der Waals surface area (Å²) in [6, 6.07) is 12.7. The van der Waals surface area contributed by atoms with Crippen molar-refractivity contribution in [3.8, 4) is 0 Å². The maximum atomic E-state index is 6.08. The molecule has 0 amide bonds. The van der Waals surface area contributed by atoms with Crippen molar-refractivity contribution in [2.24, 2.45) is 0 Å². The highest BCUT2D eigenvalue weighted by Gasteiger charge is 2.08. The number of hydrogen-bond donors (Lipinski definition) is 1. The fourth-order valence-corrected chi connectivity index (χ4v) is 3.38. The molecule has 0 bridgehead atoms. The highest BCUT2D eigenvalue weighted by atomic mass is 35.5. The molecule has 1 N–H and O–H groups in total. The summed E-state index contributed by atoms with van der Waals surface area (Å²) in [6.07, 6.45) is 7.03. The van der Waals surface area contributed by atoms with Crippen molar-refractivity contribution in [2.75, 3.05) is 0 Å². The third-order valence-corrected chi connectivity index (χ3v) is 5.15. The maximum absolute atomic E-state index is 6.08. The first-order valence-corrected chi connectivity index (χ1v) is 9.94. The monoisotopic (exact) mass is 378 g/mol. The van der Waals surface area contributed by atoms with E-state index in [1.807, 2.05) is 25.1 Å². The normalized spacial score (nSPS) is 12.3. The second kappa shape index (κ2) is 10.8. The zero-order valence-corrected chi connectivity index (χ0v) is 16.7. The van der Waals surface area contributed by atoms with Gasteiger partial charge in [0, 0.05) is 18.3 Å². The summed E-state index contributed by atoms with van der Waals surface area (Å²) in [5.74, 6) is 0. The van der Waals surface area contributed by atoms with Crippen LogP contribution in [-0.4, -0.2) is 11.0 Å². The summed E-state index contributed by atoms with van der Waals surface area (Å²) in [7, 11) is 0. The third-order valence-electron chi connectivity index (χ3n) is 4.41. The Morgan fingerprint density at radius 2 is 1.88 bits per heavy atom. The number of aromatic nitrogens is 1.